The van der Waals surface area contributed by atoms with E-state index in [1.165, 1.54) is 0 Å². The zero-order valence-electron chi connectivity index (χ0n) is 11.9. The molecule has 0 amide bonds. The van der Waals surface area contributed by atoms with Crippen molar-refractivity contribution in [3.63, 3.8) is 0 Å². The third kappa shape index (κ3) is 10.5. The predicted molar refractivity (Wildman–Crippen MR) is 71.2 cm³/mol. The molecule has 0 radical (unpaired) electrons. The molecule has 23 heavy (non-hydrogen) atoms. The monoisotopic (exact) mass is 343 g/mol. The van der Waals surface area contributed by atoms with E-state index in [0.29, 0.717) is 0 Å². The van der Waals surface area contributed by atoms with Crippen LogP contribution in [0.3, 0.4) is 0 Å². The van der Waals surface area contributed by atoms with Gasteiger partial charge in [0.25, 0.3) is 0 Å². The lowest BCUT2D eigenvalue weighted by molar-refractivity contribution is -0.164. The number of aliphatic hydroxyl groups is 5. The highest BCUT2D eigenvalue weighted by molar-refractivity contribution is 5.74. The van der Waals surface area contributed by atoms with Crippen molar-refractivity contribution >= 4 is 17.9 Å². The summed E-state index contributed by atoms with van der Waals surface area (Å²) in [5.41, 5.74) is 5.00. The first-order valence-electron chi connectivity index (χ1n) is 6.21. The van der Waals surface area contributed by atoms with Crippen LogP contribution in [0.1, 0.15) is 12.8 Å². The van der Waals surface area contributed by atoms with Crippen molar-refractivity contribution in [1.82, 2.24) is 0 Å². The Morgan fingerprint density at radius 3 is 1.65 bits per heavy atom. The van der Waals surface area contributed by atoms with Crippen LogP contribution < -0.4 is 5.73 Å². The molecule has 1 unspecified atom stereocenters. The van der Waals surface area contributed by atoms with Crippen molar-refractivity contribution < 1.29 is 55.2 Å². The second kappa shape index (κ2) is 11.7. The van der Waals surface area contributed by atoms with Crippen LogP contribution in [0.15, 0.2) is 0 Å². The molecule has 136 valence electrons. The third-order valence-electron chi connectivity index (χ3n) is 2.49. The fourth-order valence-corrected chi connectivity index (χ4v) is 1.07. The Morgan fingerprint density at radius 1 is 0.870 bits per heavy atom. The minimum absolute atomic E-state index is 0.0231. The Bertz CT molecular complexity index is 388. The van der Waals surface area contributed by atoms with E-state index in [-0.39, 0.29) is 12.8 Å². The molecule has 0 bridgehead atoms. The van der Waals surface area contributed by atoms with Gasteiger partial charge in [-0.1, -0.05) is 0 Å². The van der Waals surface area contributed by atoms with Crippen LogP contribution in [-0.4, -0.2) is 95.8 Å². The van der Waals surface area contributed by atoms with Gasteiger partial charge < -0.3 is 46.6 Å². The number of aliphatic carboxylic acids is 3. The molecule has 12 heteroatoms. The maximum absolute atomic E-state index is 10.1. The van der Waals surface area contributed by atoms with Gasteiger partial charge in [0.05, 0.1) is 6.61 Å². The maximum atomic E-state index is 10.1. The van der Waals surface area contributed by atoms with E-state index in [9.17, 15) is 14.4 Å². The highest BCUT2D eigenvalue weighted by Crippen LogP contribution is 2.04. The second-order valence-electron chi connectivity index (χ2n) is 4.39. The van der Waals surface area contributed by atoms with Gasteiger partial charge in [0.1, 0.15) is 24.4 Å². The van der Waals surface area contributed by atoms with Crippen molar-refractivity contribution in [3.05, 3.63) is 0 Å². The van der Waals surface area contributed by atoms with E-state index in [0.717, 1.165) is 0 Å². The summed E-state index contributed by atoms with van der Waals surface area (Å²) in [6.07, 6.45) is -8.06. The summed E-state index contributed by atoms with van der Waals surface area (Å²) >= 11 is 0. The number of hydrogen-bond donors (Lipinski definition) is 9. The average Bonchev–Trinajstić information content (AvgIpc) is 2.49. The third-order valence-corrected chi connectivity index (χ3v) is 2.49. The van der Waals surface area contributed by atoms with Gasteiger partial charge in [-0.15, -0.1) is 0 Å². The summed E-state index contributed by atoms with van der Waals surface area (Å²) in [7, 11) is 0. The first-order chi connectivity index (χ1) is 10.4. The molecule has 0 saturated carbocycles. The molecule has 0 saturated heterocycles. The minimum Gasteiger partial charge on any atom is -0.481 e. The normalized spacial score (nSPS) is 17.0. The Balaban J connectivity index is 0. The summed E-state index contributed by atoms with van der Waals surface area (Å²) in [5, 5.41) is 68.1. The van der Waals surface area contributed by atoms with Gasteiger partial charge in [0, 0.05) is 6.42 Å². The van der Waals surface area contributed by atoms with E-state index in [1.807, 2.05) is 0 Å². The van der Waals surface area contributed by atoms with E-state index in [1.54, 1.807) is 0 Å². The first kappa shape index (κ1) is 23.4. The van der Waals surface area contributed by atoms with Crippen LogP contribution in [-0.2, 0) is 14.4 Å². The number of nitrogens with two attached hydrogens (primary N) is 1. The van der Waals surface area contributed by atoms with Crippen LogP contribution in [0, 0.1) is 0 Å². The average molecular weight is 343 g/mol. The molecule has 0 aliphatic carbocycles. The zero-order chi connectivity index (χ0) is 18.7. The summed E-state index contributed by atoms with van der Waals surface area (Å²) in [6, 6.07) is -1.06. The molecule has 0 heterocycles. The van der Waals surface area contributed by atoms with Gasteiger partial charge in [0.2, 0.25) is 0 Å². The molecular formula is C11H21NO11. The maximum Gasteiger partial charge on any atom is 0.335 e. The number of hydrogen-bond acceptors (Lipinski definition) is 9. The minimum atomic E-state index is -2.20. The van der Waals surface area contributed by atoms with Crippen LogP contribution >= 0.6 is 0 Å². The SMILES string of the molecule is NC(CCC(=O)O)C(=O)O.O=C(O)[C@H](O)[C@@H](O)[C@H](O)[C@H](O)CO. The molecular weight excluding hydrogens is 322 g/mol. The molecule has 10 N–H and O–H groups in total. The fraction of sp³-hybridized carbons (Fsp3) is 0.727. The number of carboxylic acid groups (broad SMARTS) is 3. The topological polar surface area (TPSA) is 239 Å². The standard InChI is InChI=1S/C6H12O7.C5H9NO4/c7-1-2(8)3(9)4(10)5(11)6(12)13;6-3(5(9)10)1-2-4(7)8/h2-5,7-11H,1H2,(H,12,13);3H,1-2,6H2,(H,7,8)(H,9,10)/t2-,3-,4+,5-;/m1./s1. The Hall–Kier alpha value is -1.83. The van der Waals surface area contributed by atoms with Gasteiger partial charge in [0.15, 0.2) is 6.10 Å². The molecule has 0 aliphatic rings. The van der Waals surface area contributed by atoms with Gasteiger partial charge in [-0.05, 0) is 6.42 Å². The molecule has 0 aromatic carbocycles. The van der Waals surface area contributed by atoms with Crippen LogP contribution in [0.5, 0.6) is 0 Å². The molecule has 5 atom stereocenters. The summed E-state index contributed by atoms with van der Waals surface area (Å²) < 4.78 is 0. The van der Waals surface area contributed by atoms with Gasteiger partial charge >= 0.3 is 17.9 Å². The van der Waals surface area contributed by atoms with E-state index in [2.05, 4.69) is 0 Å². The number of carbonyl (C=O) groups is 3. The first-order valence-corrected chi connectivity index (χ1v) is 6.21. The van der Waals surface area contributed by atoms with Crippen molar-refractivity contribution in [1.29, 1.82) is 0 Å². The zero-order valence-corrected chi connectivity index (χ0v) is 11.9. The van der Waals surface area contributed by atoms with Crippen molar-refractivity contribution in [2.24, 2.45) is 5.73 Å². The molecule has 0 aromatic rings. The van der Waals surface area contributed by atoms with Crippen LogP contribution in [0.25, 0.3) is 0 Å². The van der Waals surface area contributed by atoms with Crippen molar-refractivity contribution in [2.75, 3.05) is 6.61 Å². The predicted octanol–water partition coefficient (Wildman–Crippen LogP) is -4.23. The smallest absolute Gasteiger partial charge is 0.335 e. The van der Waals surface area contributed by atoms with Gasteiger partial charge in [-0.3, -0.25) is 9.59 Å². The van der Waals surface area contributed by atoms with E-state index >= 15 is 0 Å². The van der Waals surface area contributed by atoms with Gasteiger partial charge in [-0.25, -0.2) is 4.79 Å². The molecule has 0 spiro atoms. The van der Waals surface area contributed by atoms with E-state index in [4.69, 9.17) is 46.6 Å². The largest absolute Gasteiger partial charge is 0.481 e. The number of carboxylic acids is 3. The fourth-order valence-electron chi connectivity index (χ4n) is 1.07. The van der Waals surface area contributed by atoms with Crippen molar-refractivity contribution in [2.45, 2.75) is 43.3 Å². The lowest BCUT2D eigenvalue weighted by Gasteiger charge is -2.23. The van der Waals surface area contributed by atoms with E-state index < -0.39 is 55.0 Å². The highest BCUT2D eigenvalue weighted by atomic mass is 16.4. The highest BCUT2D eigenvalue weighted by Gasteiger charge is 2.33. The van der Waals surface area contributed by atoms with Crippen molar-refractivity contribution in [3.8, 4) is 0 Å². The molecule has 0 rings (SSSR count). The summed E-state index contributed by atoms with van der Waals surface area (Å²) in [5.74, 6) is -3.92. The summed E-state index contributed by atoms with van der Waals surface area (Å²) in [6.45, 7) is -0.843. The lowest BCUT2D eigenvalue weighted by Crippen LogP contribution is -2.48. The van der Waals surface area contributed by atoms with Crippen LogP contribution in [0.2, 0.25) is 0 Å². The van der Waals surface area contributed by atoms with Gasteiger partial charge in [-0.2, -0.15) is 0 Å². The second-order valence-corrected chi connectivity index (χ2v) is 4.39. The number of rotatable bonds is 9. The molecule has 12 nitrogen and oxygen atoms in total. The molecule has 0 aliphatic heterocycles. The van der Waals surface area contributed by atoms with Crippen LogP contribution in [0.4, 0.5) is 0 Å². The Kier molecular flexibility index (Phi) is 11.9. The quantitative estimate of drug-likeness (QED) is 0.193. The number of aliphatic hydroxyl groups excluding tert-OH is 5. The molecule has 0 aromatic heterocycles. The Morgan fingerprint density at radius 2 is 1.35 bits per heavy atom. The molecule has 0 fully saturated rings. The summed E-state index contributed by atoms with van der Waals surface area (Å²) in [4.78, 5) is 30.0. The Labute approximate surface area is 130 Å². The lowest BCUT2D eigenvalue weighted by atomic mass is 10.0.